The average molecular weight is 347 g/mol. The second-order valence-electron chi connectivity index (χ2n) is 4.87. The number of nitrogens with one attached hydrogen (secondary N) is 2. The van der Waals surface area contributed by atoms with Gasteiger partial charge in [-0.15, -0.1) is 0 Å². The number of carbonyl (C=O) groups is 3. The predicted octanol–water partition coefficient (Wildman–Crippen LogP) is 0.996. The van der Waals surface area contributed by atoms with Crippen LogP contribution in [-0.2, 0) is 0 Å². The van der Waals surface area contributed by atoms with Gasteiger partial charge in [0.25, 0.3) is 5.91 Å². The van der Waals surface area contributed by atoms with E-state index in [0.717, 1.165) is 6.92 Å². The maximum absolute atomic E-state index is 12.3. The molecule has 0 aliphatic heterocycles. The molecule has 0 unspecified atom stereocenters. The SMILES string of the molecule is CC(=O)c1c(O)c(C(=O)Nc2cccc(NC(N)=O)c2)c(O)oc1=O. The summed E-state index contributed by atoms with van der Waals surface area (Å²) >= 11 is 0. The van der Waals surface area contributed by atoms with E-state index in [4.69, 9.17) is 5.73 Å². The summed E-state index contributed by atoms with van der Waals surface area (Å²) in [7, 11) is 0. The van der Waals surface area contributed by atoms with Crippen molar-refractivity contribution < 1.29 is 29.0 Å². The number of amides is 3. The summed E-state index contributed by atoms with van der Waals surface area (Å²) in [6, 6.07) is 4.98. The molecule has 0 aliphatic carbocycles. The summed E-state index contributed by atoms with van der Waals surface area (Å²) in [6.45, 7) is 0.990. The summed E-state index contributed by atoms with van der Waals surface area (Å²) < 4.78 is 4.40. The van der Waals surface area contributed by atoms with Crippen molar-refractivity contribution in [2.75, 3.05) is 10.6 Å². The van der Waals surface area contributed by atoms with Crippen LogP contribution in [0.1, 0.15) is 27.6 Å². The number of nitrogens with two attached hydrogens (primary N) is 1. The molecule has 0 atom stereocenters. The molecule has 1 aromatic heterocycles. The molecule has 10 heteroatoms. The highest BCUT2D eigenvalue weighted by Gasteiger charge is 2.27. The van der Waals surface area contributed by atoms with Gasteiger partial charge in [0.15, 0.2) is 17.1 Å². The summed E-state index contributed by atoms with van der Waals surface area (Å²) in [6.07, 6.45) is 0. The lowest BCUT2D eigenvalue weighted by molar-refractivity contribution is 0.100. The van der Waals surface area contributed by atoms with Gasteiger partial charge in [-0.25, -0.2) is 9.59 Å². The molecule has 3 amide bonds. The van der Waals surface area contributed by atoms with Crippen LogP contribution in [0.4, 0.5) is 16.2 Å². The molecule has 0 saturated carbocycles. The van der Waals surface area contributed by atoms with Gasteiger partial charge < -0.3 is 31.0 Å². The van der Waals surface area contributed by atoms with Crippen LogP contribution in [0, 0.1) is 0 Å². The average Bonchev–Trinajstić information content (AvgIpc) is 2.45. The molecule has 2 aromatic rings. The van der Waals surface area contributed by atoms with E-state index in [1.165, 1.54) is 24.3 Å². The van der Waals surface area contributed by atoms with Crippen LogP contribution in [-0.4, -0.2) is 27.9 Å². The number of benzene rings is 1. The molecule has 130 valence electrons. The first kappa shape index (κ1) is 17.5. The first-order valence-electron chi connectivity index (χ1n) is 6.78. The highest BCUT2D eigenvalue weighted by Crippen LogP contribution is 2.29. The molecule has 6 N–H and O–H groups in total. The number of aromatic hydroxyl groups is 2. The fourth-order valence-electron chi connectivity index (χ4n) is 2.04. The quantitative estimate of drug-likeness (QED) is 0.513. The van der Waals surface area contributed by atoms with Crippen LogP contribution in [0.3, 0.4) is 0 Å². The topological polar surface area (TPSA) is 172 Å². The fraction of sp³-hybridized carbons (Fsp3) is 0.0667. The van der Waals surface area contributed by atoms with E-state index in [0.29, 0.717) is 0 Å². The minimum atomic E-state index is -1.27. The molecule has 0 aliphatic rings. The van der Waals surface area contributed by atoms with Crippen molar-refractivity contribution >= 4 is 29.1 Å². The monoisotopic (exact) mass is 347 g/mol. The van der Waals surface area contributed by atoms with E-state index in [1.807, 2.05) is 0 Å². The van der Waals surface area contributed by atoms with Crippen LogP contribution in [0.15, 0.2) is 33.5 Å². The highest BCUT2D eigenvalue weighted by molar-refractivity contribution is 6.10. The zero-order valence-corrected chi connectivity index (χ0v) is 12.8. The summed E-state index contributed by atoms with van der Waals surface area (Å²) in [5.41, 5.74) is 2.63. The van der Waals surface area contributed by atoms with E-state index in [1.54, 1.807) is 0 Å². The molecule has 1 aromatic carbocycles. The number of anilines is 2. The molecule has 0 bridgehead atoms. The molecule has 0 saturated heterocycles. The van der Waals surface area contributed by atoms with Gasteiger partial charge in [-0.05, 0) is 25.1 Å². The van der Waals surface area contributed by atoms with Gasteiger partial charge in [0.05, 0.1) is 0 Å². The van der Waals surface area contributed by atoms with E-state index in [2.05, 4.69) is 15.1 Å². The molecule has 0 spiro atoms. The largest absolute Gasteiger partial charge is 0.506 e. The van der Waals surface area contributed by atoms with Gasteiger partial charge in [-0.1, -0.05) is 6.07 Å². The Morgan fingerprint density at radius 2 is 1.68 bits per heavy atom. The Morgan fingerprint density at radius 1 is 1.08 bits per heavy atom. The van der Waals surface area contributed by atoms with Crippen molar-refractivity contribution in [3.05, 3.63) is 45.8 Å². The maximum atomic E-state index is 12.3. The standard InChI is InChI=1S/C15H13N3O7/c1-6(19)9-11(20)10(14(23)25-13(9)22)12(21)17-7-3-2-4-8(5-7)18-15(16)24/h2-5,20,23H,1H3,(H,17,21)(H3,16,18,24). The Balaban J connectivity index is 2.39. The van der Waals surface area contributed by atoms with Gasteiger partial charge >= 0.3 is 17.6 Å². The lowest BCUT2D eigenvalue weighted by Crippen LogP contribution is -2.20. The minimum Gasteiger partial charge on any atom is -0.506 e. The number of Topliss-reactive ketones (excluding diaryl/α,β-unsaturated/α-hetero) is 1. The third kappa shape index (κ3) is 3.75. The Kier molecular flexibility index (Phi) is 4.73. The van der Waals surface area contributed by atoms with Crippen LogP contribution in [0.2, 0.25) is 0 Å². The maximum Gasteiger partial charge on any atom is 0.353 e. The lowest BCUT2D eigenvalue weighted by Gasteiger charge is -2.10. The zero-order valence-electron chi connectivity index (χ0n) is 12.8. The van der Waals surface area contributed by atoms with Crippen molar-refractivity contribution in [3.8, 4) is 11.7 Å². The van der Waals surface area contributed by atoms with Crippen molar-refractivity contribution in [1.29, 1.82) is 0 Å². The Bertz CT molecular complexity index is 933. The molecule has 25 heavy (non-hydrogen) atoms. The van der Waals surface area contributed by atoms with Crippen molar-refractivity contribution in [2.45, 2.75) is 6.92 Å². The van der Waals surface area contributed by atoms with Crippen molar-refractivity contribution in [1.82, 2.24) is 0 Å². The lowest BCUT2D eigenvalue weighted by atomic mass is 10.1. The van der Waals surface area contributed by atoms with E-state index in [-0.39, 0.29) is 11.4 Å². The number of rotatable bonds is 4. The van der Waals surface area contributed by atoms with Crippen LogP contribution in [0.25, 0.3) is 0 Å². The third-order valence-electron chi connectivity index (χ3n) is 3.05. The van der Waals surface area contributed by atoms with Gasteiger partial charge in [0.2, 0.25) is 0 Å². The number of hydrogen-bond acceptors (Lipinski definition) is 7. The number of primary amides is 1. The number of urea groups is 1. The third-order valence-corrected chi connectivity index (χ3v) is 3.05. The predicted molar refractivity (Wildman–Crippen MR) is 85.9 cm³/mol. The second kappa shape index (κ2) is 6.74. The molecule has 2 rings (SSSR count). The summed E-state index contributed by atoms with van der Waals surface area (Å²) in [5.74, 6) is -4.02. The van der Waals surface area contributed by atoms with Gasteiger partial charge in [-0.2, -0.15) is 0 Å². The van der Waals surface area contributed by atoms with Gasteiger partial charge in [-0.3, -0.25) is 9.59 Å². The minimum absolute atomic E-state index is 0.172. The number of carbonyl (C=O) groups excluding carboxylic acids is 3. The Hall–Kier alpha value is -3.82. The zero-order chi connectivity index (χ0) is 18.7. The van der Waals surface area contributed by atoms with Crippen LogP contribution < -0.4 is 22.0 Å². The molecule has 0 radical (unpaired) electrons. The Morgan fingerprint density at radius 3 is 2.24 bits per heavy atom. The smallest absolute Gasteiger partial charge is 0.353 e. The van der Waals surface area contributed by atoms with Crippen molar-refractivity contribution in [3.63, 3.8) is 0 Å². The van der Waals surface area contributed by atoms with Crippen LogP contribution in [0.5, 0.6) is 11.7 Å². The van der Waals surface area contributed by atoms with E-state index in [9.17, 15) is 29.4 Å². The molecule has 1 heterocycles. The van der Waals surface area contributed by atoms with E-state index >= 15 is 0 Å². The van der Waals surface area contributed by atoms with Gasteiger partial charge in [0, 0.05) is 11.4 Å². The first-order chi connectivity index (χ1) is 11.7. The van der Waals surface area contributed by atoms with Crippen molar-refractivity contribution in [2.24, 2.45) is 5.73 Å². The highest BCUT2D eigenvalue weighted by atomic mass is 16.5. The number of hydrogen-bond donors (Lipinski definition) is 5. The normalized spacial score (nSPS) is 10.1. The Labute approximate surface area is 139 Å². The van der Waals surface area contributed by atoms with Gasteiger partial charge in [0.1, 0.15) is 5.56 Å². The molecule has 0 fully saturated rings. The molecule has 10 nitrogen and oxygen atoms in total. The number of ketones is 1. The fourth-order valence-corrected chi connectivity index (χ4v) is 2.04. The second-order valence-corrected chi connectivity index (χ2v) is 4.87. The summed E-state index contributed by atoms with van der Waals surface area (Å²) in [4.78, 5) is 46.0. The summed E-state index contributed by atoms with van der Waals surface area (Å²) in [5, 5.41) is 24.2. The van der Waals surface area contributed by atoms with E-state index < -0.39 is 46.2 Å². The first-order valence-corrected chi connectivity index (χ1v) is 6.78. The molecular formula is C15H13N3O7. The molecular weight excluding hydrogens is 334 g/mol. The van der Waals surface area contributed by atoms with Crippen LogP contribution >= 0.6 is 0 Å².